The Hall–Kier alpha value is -2.12. The summed E-state index contributed by atoms with van der Waals surface area (Å²) in [5.74, 6) is -2.23. The molecule has 0 fully saturated rings. The molecule has 2 N–H and O–H groups in total. The van der Waals surface area contributed by atoms with Crippen molar-refractivity contribution in [1.29, 1.82) is 0 Å². The van der Waals surface area contributed by atoms with Crippen LogP contribution in [-0.4, -0.2) is 46.9 Å². The fraction of sp³-hybridized carbons (Fsp3) is 0.600. The third-order valence-corrected chi connectivity index (χ3v) is 2.13. The molecule has 2 unspecified atom stereocenters. The molecule has 2 atom stereocenters. The van der Waals surface area contributed by atoms with E-state index in [-0.39, 0.29) is 0 Å². The van der Waals surface area contributed by atoms with E-state index in [0.29, 0.717) is 0 Å². The van der Waals surface area contributed by atoms with Gasteiger partial charge < -0.3 is 10.2 Å². The minimum atomic E-state index is -1.35. The Morgan fingerprint density at radius 2 is 1.22 bits per heavy atom. The third kappa shape index (κ3) is 5.28. The maximum absolute atomic E-state index is 10.6. The lowest BCUT2D eigenvalue weighted by molar-refractivity contribution is -0.139. The molecular weight excluding hydrogens is 240 g/mol. The van der Waals surface area contributed by atoms with Gasteiger partial charge in [-0.15, -0.1) is 0 Å². The van der Waals surface area contributed by atoms with E-state index in [2.05, 4.69) is 33.6 Å². The minimum absolute atomic E-state index is 0.402. The molecule has 0 saturated carbocycles. The van der Waals surface area contributed by atoms with Crippen molar-refractivity contribution in [2.24, 2.45) is 20.2 Å². The van der Waals surface area contributed by atoms with E-state index in [9.17, 15) is 9.59 Å². The maximum Gasteiger partial charge on any atom is 0.307 e. The van der Waals surface area contributed by atoms with Crippen molar-refractivity contribution >= 4 is 25.4 Å². The zero-order valence-corrected chi connectivity index (χ0v) is 10.3. The largest absolute Gasteiger partial charge is 0.481 e. The third-order valence-electron chi connectivity index (χ3n) is 2.13. The van der Waals surface area contributed by atoms with E-state index >= 15 is 0 Å². The van der Waals surface area contributed by atoms with Crippen molar-refractivity contribution in [2.45, 2.75) is 38.0 Å². The highest BCUT2D eigenvalue weighted by atomic mass is 16.4. The van der Waals surface area contributed by atoms with Gasteiger partial charge in [-0.25, -0.2) is 0 Å². The average molecular weight is 256 g/mol. The van der Waals surface area contributed by atoms with Crippen LogP contribution in [0.5, 0.6) is 0 Å². The number of carboxylic acid groups (broad SMARTS) is 2. The highest BCUT2D eigenvalue weighted by Gasteiger charge is 2.30. The van der Waals surface area contributed by atoms with Gasteiger partial charge >= 0.3 is 11.9 Å². The molecule has 0 amide bonds. The molecule has 8 nitrogen and oxygen atoms in total. The average Bonchev–Trinajstić information content (AvgIpc) is 2.25. The number of hydrogen-bond acceptors (Lipinski definition) is 6. The lowest BCUT2D eigenvalue weighted by Gasteiger charge is -2.20. The maximum atomic E-state index is 10.6. The molecule has 0 bridgehead atoms. The first-order chi connectivity index (χ1) is 8.16. The van der Waals surface area contributed by atoms with Crippen LogP contribution in [0.1, 0.15) is 26.7 Å². The fourth-order valence-electron chi connectivity index (χ4n) is 1.03. The number of aliphatic imine (C=N–C) groups is 2. The second-order valence-electron chi connectivity index (χ2n) is 4.09. The summed E-state index contributed by atoms with van der Waals surface area (Å²) in [6, 6.07) is 0. The monoisotopic (exact) mass is 256 g/mol. The molecule has 0 aromatic rings. The number of rotatable bonds is 8. The topological polar surface area (TPSA) is 124 Å². The summed E-state index contributed by atoms with van der Waals surface area (Å²) in [5.41, 5.74) is -2.70. The molecule has 0 aliphatic rings. The van der Waals surface area contributed by atoms with Crippen LogP contribution in [0, 0.1) is 0 Å². The van der Waals surface area contributed by atoms with E-state index < -0.39 is 36.1 Å². The summed E-state index contributed by atoms with van der Waals surface area (Å²) in [6.45, 7) is 9.32. The standard InChI is InChI=1S/C10H16N4O4/c1-9(11-3,5-7(15)16)13-14-10(2,12-4)6-8(17)18/h3-6H2,1-2H3,(H,15,16)(H,17,18). The van der Waals surface area contributed by atoms with Crippen LogP contribution in [0.25, 0.3) is 0 Å². The number of carbonyl (C=O) groups is 2. The molecule has 0 spiro atoms. The first kappa shape index (κ1) is 15.9. The van der Waals surface area contributed by atoms with E-state index in [1.165, 1.54) is 13.8 Å². The van der Waals surface area contributed by atoms with Gasteiger partial charge in [0.2, 0.25) is 0 Å². The van der Waals surface area contributed by atoms with Crippen molar-refractivity contribution in [1.82, 2.24) is 0 Å². The first-order valence-electron chi connectivity index (χ1n) is 5.00. The van der Waals surface area contributed by atoms with Gasteiger partial charge in [-0.3, -0.25) is 19.6 Å². The van der Waals surface area contributed by atoms with Crippen LogP contribution in [0.2, 0.25) is 0 Å². The van der Waals surface area contributed by atoms with Gasteiger partial charge in [0, 0.05) is 0 Å². The Morgan fingerprint density at radius 3 is 1.39 bits per heavy atom. The molecule has 0 heterocycles. The lowest BCUT2D eigenvalue weighted by atomic mass is 10.1. The highest BCUT2D eigenvalue weighted by molar-refractivity contribution is 5.69. The van der Waals surface area contributed by atoms with Crippen LogP contribution in [0.3, 0.4) is 0 Å². The lowest BCUT2D eigenvalue weighted by Crippen LogP contribution is -2.27. The predicted molar refractivity (Wildman–Crippen MR) is 65.3 cm³/mol. The van der Waals surface area contributed by atoms with E-state index in [1.807, 2.05) is 0 Å². The Balaban J connectivity index is 5.06. The van der Waals surface area contributed by atoms with Gasteiger partial charge in [-0.05, 0) is 27.3 Å². The van der Waals surface area contributed by atoms with E-state index in [4.69, 9.17) is 10.2 Å². The molecule has 8 heteroatoms. The Kier molecular flexibility index (Phi) is 5.28. The SMILES string of the molecule is C=NC(C)(CC(=O)O)N=NC(C)(CC(=O)O)N=C. The number of nitrogens with zero attached hydrogens (tertiary/aromatic N) is 4. The van der Waals surface area contributed by atoms with E-state index in [0.717, 1.165) is 0 Å². The molecule has 0 aromatic heterocycles. The van der Waals surface area contributed by atoms with Crippen LogP contribution in [0.4, 0.5) is 0 Å². The highest BCUT2D eigenvalue weighted by Crippen LogP contribution is 2.23. The summed E-state index contributed by atoms with van der Waals surface area (Å²) in [7, 11) is 0. The smallest absolute Gasteiger partial charge is 0.307 e. The molecule has 0 radical (unpaired) electrons. The second kappa shape index (κ2) is 5.99. The summed E-state index contributed by atoms with van der Waals surface area (Å²) in [5, 5.41) is 24.8. The molecule has 18 heavy (non-hydrogen) atoms. The van der Waals surface area contributed by atoms with Crippen molar-refractivity contribution < 1.29 is 19.8 Å². The summed E-state index contributed by atoms with van der Waals surface area (Å²) in [4.78, 5) is 28.4. The van der Waals surface area contributed by atoms with Crippen molar-refractivity contribution in [3.8, 4) is 0 Å². The van der Waals surface area contributed by atoms with Crippen LogP contribution in [-0.2, 0) is 9.59 Å². The molecule has 0 rings (SSSR count). The molecule has 0 aliphatic carbocycles. The number of aliphatic carboxylic acids is 2. The normalized spacial score (nSPS) is 17.7. The Labute approximate surface area is 104 Å². The summed E-state index contributed by atoms with van der Waals surface area (Å²) < 4.78 is 0. The van der Waals surface area contributed by atoms with Gasteiger partial charge in [0.05, 0.1) is 12.8 Å². The number of hydrogen-bond donors (Lipinski definition) is 2. The van der Waals surface area contributed by atoms with Crippen LogP contribution < -0.4 is 0 Å². The van der Waals surface area contributed by atoms with Crippen molar-refractivity contribution in [2.75, 3.05) is 0 Å². The fourth-order valence-corrected chi connectivity index (χ4v) is 1.03. The first-order valence-corrected chi connectivity index (χ1v) is 5.00. The molecule has 0 aliphatic heterocycles. The quantitative estimate of drug-likeness (QED) is 0.500. The minimum Gasteiger partial charge on any atom is -0.481 e. The van der Waals surface area contributed by atoms with Gasteiger partial charge in [0.25, 0.3) is 0 Å². The Morgan fingerprint density at radius 1 is 0.944 bits per heavy atom. The van der Waals surface area contributed by atoms with Gasteiger partial charge in [-0.1, -0.05) is 0 Å². The van der Waals surface area contributed by atoms with Crippen LogP contribution in [0.15, 0.2) is 20.2 Å². The van der Waals surface area contributed by atoms with Crippen LogP contribution >= 0.6 is 0 Å². The van der Waals surface area contributed by atoms with E-state index in [1.54, 1.807) is 0 Å². The van der Waals surface area contributed by atoms with Gasteiger partial charge in [0.1, 0.15) is 0 Å². The zero-order valence-electron chi connectivity index (χ0n) is 10.3. The second-order valence-corrected chi connectivity index (χ2v) is 4.09. The molecule has 0 saturated heterocycles. The zero-order chi connectivity index (χ0) is 14.4. The van der Waals surface area contributed by atoms with Gasteiger partial charge in [-0.2, -0.15) is 10.2 Å². The van der Waals surface area contributed by atoms with Crippen molar-refractivity contribution in [3.05, 3.63) is 0 Å². The number of carboxylic acids is 2. The molecule has 100 valence electrons. The predicted octanol–water partition coefficient (Wildman–Crippen LogP) is 1.22. The number of azo groups is 1. The molecule has 0 aromatic carbocycles. The molecular formula is C10H16N4O4. The summed E-state index contributed by atoms with van der Waals surface area (Å²) >= 11 is 0. The Bertz CT molecular complexity index is 359. The van der Waals surface area contributed by atoms with Crippen molar-refractivity contribution in [3.63, 3.8) is 0 Å². The van der Waals surface area contributed by atoms with Gasteiger partial charge in [0.15, 0.2) is 11.3 Å². The summed E-state index contributed by atoms with van der Waals surface area (Å²) in [6.07, 6.45) is -0.805.